The number of carbonyl (C=O) groups is 3. The molecule has 2 aliphatic rings. The van der Waals surface area contributed by atoms with Crippen LogP contribution >= 0.6 is 0 Å². The first kappa shape index (κ1) is 20.3. The molecule has 0 saturated carbocycles. The molecule has 1 aromatic rings. The standard InChI is InChI=1S/C20H28N4O4/c1-28-16-5-3-15(4-6-16)24-18(25)13-17(20(24)27)22-9-2-10-23-11-7-14(8-12-23)19(21)26/h3-6,14,17,22H,2,7-13H2,1H3,(H2,21,26)/t17-/m1/s1. The number of piperidine rings is 1. The van der Waals surface area contributed by atoms with Crippen LogP contribution in [0.15, 0.2) is 24.3 Å². The maximum Gasteiger partial charge on any atom is 0.251 e. The lowest BCUT2D eigenvalue weighted by Gasteiger charge is -2.30. The van der Waals surface area contributed by atoms with Gasteiger partial charge in [0.15, 0.2) is 0 Å². The number of benzene rings is 1. The molecule has 0 bridgehead atoms. The quantitative estimate of drug-likeness (QED) is 0.496. The number of ether oxygens (including phenoxy) is 1. The molecule has 2 saturated heterocycles. The van der Waals surface area contributed by atoms with Crippen LogP contribution in [0.4, 0.5) is 5.69 Å². The van der Waals surface area contributed by atoms with Crippen molar-refractivity contribution in [3.63, 3.8) is 0 Å². The van der Waals surface area contributed by atoms with Crippen molar-refractivity contribution in [2.45, 2.75) is 31.7 Å². The lowest BCUT2D eigenvalue weighted by atomic mass is 9.96. The van der Waals surface area contributed by atoms with Crippen molar-refractivity contribution in [3.8, 4) is 5.75 Å². The van der Waals surface area contributed by atoms with Gasteiger partial charge in [0.2, 0.25) is 11.8 Å². The van der Waals surface area contributed by atoms with Crippen molar-refractivity contribution in [2.24, 2.45) is 11.7 Å². The average molecular weight is 388 g/mol. The zero-order chi connectivity index (χ0) is 20.1. The zero-order valence-electron chi connectivity index (χ0n) is 16.2. The number of methoxy groups -OCH3 is 1. The molecule has 28 heavy (non-hydrogen) atoms. The number of amides is 3. The van der Waals surface area contributed by atoms with E-state index in [4.69, 9.17) is 10.5 Å². The minimum atomic E-state index is -0.477. The Hall–Kier alpha value is -2.45. The third kappa shape index (κ3) is 4.69. The second-order valence-corrected chi connectivity index (χ2v) is 7.35. The first-order valence-electron chi connectivity index (χ1n) is 9.75. The van der Waals surface area contributed by atoms with Gasteiger partial charge < -0.3 is 20.7 Å². The summed E-state index contributed by atoms with van der Waals surface area (Å²) in [6, 6.07) is 6.42. The highest BCUT2D eigenvalue weighted by atomic mass is 16.5. The van der Waals surface area contributed by atoms with E-state index in [1.807, 2.05) is 0 Å². The summed E-state index contributed by atoms with van der Waals surface area (Å²) in [5.41, 5.74) is 5.93. The fourth-order valence-electron chi connectivity index (χ4n) is 3.81. The third-order valence-corrected chi connectivity index (χ3v) is 5.51. The Labute approximate surface area is 165 Å². The van der Waals surface area contributed by atoms with Crippen LogP contribution in [0.3, 0.4) is 0 Å². The van der Waals surface area contributed by atoms with Gasteiger partial charge in [0.25, 0.3) is 5.91 Å². The highest BCUT2D eigenvalue weighted by molar-refractivity contribution is 6.22. The first-order chi connectivity index (χ1) is 13.5. The van der Waals surface area contributed by atoms with E-state index in [0.717, 1.165) is 38.9 Å². The van der Waals surface area contributed by atoms with Gasteiger partial charge in [-0.1, -0.05) is 0 Å². The van der Waals surface area contributed by atoms with Crippen molar-refractivity contribution in [3.05, 3.63) is 24.3 Å². The molecule has 0 spiro atoms. The SMILES string of the molecule is COc1ccc(N2C(=O)C[C@@H](NCCCN3CCC(C(N)=O)CC3)C2=O)cc1. The van der Waals surface area contributed by atoms with Crippen LogP contribution in [0, 0.1) is 5.92 Å². The molecular formula is C20H28N4O4. The summed E-state index contributed by atoms with van der Waals surface area (Å²) in [5.74, 6) is 0.0728. The minimum absolute atomic E-state index is 0.000403. The van der Waals surface area contributed by atoms with Crippen LogP contribution in [0.5, 0.6) is 5.75 Å². The lowest BCUT2D eigenvalue weighted by Crippen LogP contribution is -2.41. The smallest absolute Gasteiger partial charge is 0.251 e. The fraction of sp³-hybridized carbons (Fsp3) is 0.550. The molecule has 2 heterocycles. The van der Waals surface area contributed by atoms with Crippen molar-refractivity contribution in [1.29, 1.82) is 0 Å². The van der Waals surface area contributed by atoms with E-state index in [-0.39, 0.29) is 30.1 Å². The molecule has 152 valence electrons. The fourth-order valence-corrected chi connectivity index (χ4v) is 3.81. The highest BCUT2D eigenvalue weighted by Crippen LogP contribution is 2.25. The zero-order valence-corrected chi connectivity index (χ0v) is 16.2. The summed E-state index contributed by atoms with van der Waals surface area (Å²) >= 11 is 0. The number of primary amides is 1. The molecular weight excluding hydrogens is 360 g/mol. The van der Waals surface area contributed by atoms with Crippen LogP contribution in [0.1, 0.15) is 25.7 Å². The molecule has 0 unspecified atom stereocenters. The van der Waals surface area contributed by atoms with Crippen molar-refractivity contribution in [2.75, 3.05) is 38.2 Å². The van der Waals surface area contributed by atoms with Crippen LogP contribution < -0.4 is 20.7 Å². The summed E-state index contributed by atoms with van der Waals surface area (Å²) < 4.78 is 5.11. The lowest BCUT2D eigenvalue weighted by molar-refractivity contribution is -0.123. The Balaban J connectivity index is 1.42. The predicted molar refractivity (Wildman–Crippen MR) is 105 cm³/mol. The Kier molecular flexibility index (Phi) is 6.64. The Morgan fingerprint density at radius 1 is 1.21 bits per heavy atom. The monoisotopic (exact) mass is 388 g/mol. The Morgan fingerprint density at radius 2 is 1.89 bits per heavy atom. The van der Waals surface area contributed by atoms with E-state index in [9.17, 15) is 14.4 Å². The van der Waals surface area contributed by atoms with Gasteiger partial charge in [-0.15, -0.1) is 0 Å². The molecule has 2 fully saturated rings. The summed E-state index contributed by atoms with van der Waals surface area (Å²) in [5, 5.41) is 3.21. The topological polar surface area (TPSA) is 105 Å². The number of rotatable bonds is 8. The number of hydrogen-bond acceptors (Lipinski definition) is 6. The number of nitrogens with two attached hydrogens (primary N) is 1. The molecule has 3 rings (SSSR count). The van der Waals surface area contributed by atoms with Gasteiger partial charge in [-0.05, 0) is 69.7 Å². The van der Waals surface area contributed by atoms with Crippen LogP contribution in [-0.2, 0) is 14.4 Å². The predicted octanol–water partition coefficient (Wildman–Crippen LogP) is 0.504. The van der Waals surface area contributed by atoms with E-state index in [0.29, 0.717) is 18.0 Å². The molecule has 8 heteroatoms. The van der Waals surface area contributed by atoms with Gasteiger partial charge in [0.05, 0.1) is 25.3 Å². The van der Waals surface area contributed by atoms with Gasteiger partial charge in [-0.25, -0.2) is 4.90 Å². The third-order valence-electron chi connectivity index (χ3n) is 5.51. The summed E-state index contributed by atoms with van der Waals surface area (Å²) in [6.07, 6.45) is 2.68. The maximum absolute atomic E-state index is 12.6. The molecule has 2 aliphatic heterocycles. The summed E-state index contributed by atoms with van der Waals surface area (Å²) in [4.78, 5) is 39.7. The van der Waals surface area contributed by atoms with Crippen LogP contribution in [0.25, 0.3) is 0 Å². The largest absolute Gasteiger partial charge is 0.497 e. The molecule has 0 aromatic heterocycles. The number of nitrogens with one attached hydrogen (secondary N) is 1. The Morgan fingerprint density at radius 3 is 2.50 bits per heavy atom. The average Bonchev–Trinajstić information content (AvgIpc) is 2.99. The van der Waals surface area contributed by atoms with E-state index < -0.39 is 6.04 Å². The first-order valence-corrected chi connectivity index (χ1v) is 9.75. The summed E-state index contributed by atoms with van der Waals surface area (Å²) in [6.45, 7) is 3.31. The maximum atomic E-state index is 12.6. The minimum Gasteiger partial charge on any atom is -0.497 e. The van der Waals surface area contributed by atoms with E-state index in [1.165, 1.54) is 4.90 Å². The van der Waals surface area contributed by atoms with E-state index in [1.54, 1.807) is 31.4 Å². The van der Waals surface area contributed by atoms with Gasteiger partial charge in [-0.2, -0.15) is 0 Å². The van der Waals surface area contributed by atoms with E-state index in [2.05, 4.69) is 10.2 Å². The molecule has 8 nitrogen and oxygen atoms in total. The number of likely N-dealkylation sites (tertiary alicyclic amines) is 1. The molecule has 3 amide bonds. The van der Waals surface area contributed by atoms with Gasteiger partial charge in [0, 0.05) is 5.92 Å². The second kappa shape index (κ2) is 9.16. The molecule has 1 aromatic carbocycles. The van der Waals surface area contributed by atoms with E-state index >= 15 is 0 Å². The normalized spacial score (nSPS) is 21.3. The molecule has 3 N–H and O–H groups in total. The van der Waals surface area contributed by atoms with Crippen molar-refractivity contribution >= 4 is 23.4 Å². The molecule has 1 atom stereocenters. The van der Waals surface area contributed by atoms with Gasteiger partial charge in [0.1, 0.15) is 5.75 Å². The summed E-state index contributed by atoms with van der Waals surface area (Å²) in [7, 11) is 1.57. The van der Waals surface area contributed by atoms with Crippen molar-refractivity contribution in [1.82, 2.24) is 10.2 Å². The highest BCUT2D eigenvalue weighted by Gasteiger charge is 2.39. The number of carbonyl (C=O) groups excluding carboxylic acids is 3. The van der Waals surface area contributed by atoms with Crippen LogP contribution in [0.2, 0.25) is 0 Å². The number of imide groups is 1. The van der Waals surface area contributed by atoms with Gasteiger partial charge >= 0.3 is 0 Å². The van der Waals surface area contributed by atoms with Gasteiger partial charge in [-0.3, -0.25) is 14.4 Å². The number of hydrogen-bond donors (Lipinski definition) is 2. The number of anilines is 1. The second-order valence-electron chi connectivity index (χ2n) is 7.35. The van der Waals surface area contributed by atoms with Crippen molar-refractivity contribution < 1.29 is 19.1 Å². The number of nitrogens with zero attached hydrogens (tertiary/aromatic N) is 2. The molecule has 0 aliphatic carbocycles. The Bertz CT molecular complexity index is 713. The molecule has 0 radical (unpaired) electrons. The van der Waals surface area contributed by atoms with Crippen LogP contribution in [-0.4, -0.2) is 62.0 Å².